The number of halogens is 4. The van der Waals surface area contributed by atoms with Gasteiger partial charge in [-0.2, -0.15) is 0 Å². The highest BCUT2D eigenvalue weighted by atomic mass is 19.2. The lowest BCUT2D eigenvalue weighted by Gasteiger charge is -2.14. The van der Waals surface area contributed by atoms with Crippen molar-refractivity contribution in [3.05, 3.63) is 167 Å². The van der Waals surface area contributed by atoms with E-state index in [9.17, 15) is 26.9 Å². The molecule has 0 N–H and O–H groups in total. The normalized spacial score (nSPS) is 14.9. The predicted molar refractivity (Wildman–Crippen MR) is 207 cm³/mol. The van der Waals surface area contributed by atoms with Gasteiger partial charge in [0.1, 0.15) is 23.0 Å². The number of carbonyl (C=O) groups is 2. The molecule has 0 fully saturated rings. The second-order valence-corrected chi connectivity index (χ2v) is 12.9. The zero-order chi connectivity index (χ0) is 38.5. The van der Waals surface area contributed by atoms with Gasteiger partial charge in [-0.3, -0.25) is 36.5 Å². The van der Waals surface area contributed by atoms with Gasteiger partial charge in [0, 0.05) is 33.3 Å². The summed E-state index contributed by atoms with van der Waals surface area (Å²) in [5.41, 5.74) is 3.03. The fourth-order valence-electron chi connectivity index (χ4n) is 6.85. The summed E-state index contributed by atoms with van der Waals surface area (Å²) in [4.78, 5) is 36.4. The van der Waals surface area contributed by atoms with Crippen molar-refractivity contribution in [3.63, 3.8) is 0 Å². The summed E-state index contributed by atoms with van der Waals surface area (Å²) >= 11 is 0. The molecule has 0 radical (unpaired) electrons. The molecule has 8 nitrogen and oxygen atoms in total. The molecule has 0 bridgehead atoms. The van der Waals surface area contributed by atoms with E-state index in [4.69, 9.17) is 9.47 Å². The topological polar surface area (TPSA) is 84.9 Å². The molecule has 5 aromatic carbocycles. The van der Waals surface area contributed by atoms with E-state index in [2.05, 4.69) is 9.97 Å². The molecule has 9 rings (SSSR count). The Morgan fingerprint density at radius 2 is 0.857 bits per heavy atom. The Hall–Kier alpha value is -7.21. The average molecular weight is 746 g/mol. The Bertz CT molecular complexity index is 2610. The molecule has 0 spiro atoms. The van der Waals surface area contributed by atoms with Gasteiger partial charge in [0.15, 0.2) is 0 Å². The van der Waals surface area contributed by atoms with Crippen LogP contribution >= 0.6 is 0 Å². The zero-order valence-corrected chi connectivity index (χ0v) is 28.9. The number of benzene rings is 5. The van der Waals surface area contributed by atoms with E-state index in [0.717, 1.165) is 10.8 Å². The van der Waals surface area contributed by atoms with E-state index >= 15 is 0 Å². The van der Waals surface area contributed by atoms with Crippen molar-refractivity contribution in [2.24, 2.45) is 0 Å². The van der Waals surface area contributed by atoms with Gasteiger partial charge < -0.3 is 9.47 Å². The molecule has 2 amide bonds. The van der Waals surface area contributed by atoms with Crippen LogP contribution in [0.5, 0.6) is 23.0 Å². The Kier molecular flexibility index (Phi) is 8.57. The third-order valence-electron chi connectivity index (χ3n) is 9.45. The Morgan fingerprint density at radius 3 is 1.27 bits per heavy atom. The van der Waals surface area contributed by atoms with Crippen molar-refractivity contribution in [2.45, 2.75) is 0 Å². The molecule has 0 saturated heterocycles. The first-order valence-electron chi connectivity index (χ1n) is 17.3. The number of amides is 2. The summed E-state index contributed by atoms with van der Waals surface area (Å²) in [7, 11) is -6.17. The van der Waals surface area contributed by atoms with E-state index in [1.807, 2.05) is 60.7 Å². The smallest absolute Gasteiger partial charge is 0.457 e. The highest BCUT2D eigenvalue weighted by molar-refractivity contribution is 6.49. The van der Waals surface area contributed by atoms with Gasteiger partial charge in [-0.05, 0) is 97.1 Å². The van der Waals surface area contributed by atoms with E-state index in [0.29, 0.717) is 54.7 Å². The molecule has 270 valence electrons. The minimum atomic E-state index is -3.09. The molecule has 2 aliphatic rings. The van der Waals surface area contributed by atoms with Crippen LogP contribution in [0.3, 0.4) is 0 Å². The molecule has 14 heteroatoms. The predicted octanol–water partition coefficient (Wildman–Crippen LogP) is 10.1. The number of ether oxygens (including phenoxy) is 2. The first-order chi connectivity index (χ1) is 27.2. The number of aromatic nitrogens is 2. The van der Waals surface area contributed by atoms with Crippen LogP contribution in [0.1, 0.15) is 43.2 Å². The molecular formula is C42H24B2F4N4O4. The molecule has 0 unspecified atom stereocenters. The maximum absolute atomic E-state index is 14.2. The third-order valence-corrected chi connectivity index (χ3v) is 9.45. The van der Waals surface area contributed by atoms with Gasteiger partial charge in [0.25, 0.3) is 11.8 Å². The summed E-state index contributed by atoms with van der Waals surface area (Å²) in [5, 5.41) is 1.79. The van der Waals surface area contributed by atoms with E-state index < -0.39 is 26.6 Å². The zero-order valence-electron chi connectivity index (χ0n) is 28.9. The number of hydrogen-bond acceptors (Lipinski definition) is 6. The number of nitrogens with zero attached hydrogens (tertiary/aromatic N) is 4. The number of para-hydroxylation sites is 2. The van der Waals surface area contributed by atoms with Crippen LogP contribution in [-0.4, -0.2) is 46.2 Å². The van der Waals surface area contributed by atoms with Crippen molar-refractivity contribution in [1.29, 1.82) is 0 Å². The maximum Gasteiger partial charge on any atom is 0.680 e. The van der Waals surface area contributed by atoms with Crippen LogP contribution in [-0.2, 0) is 0 Å². The van der Waals surface area contributed by atoms with E-state index in [1.54, 1.807) is 60.7 Å². The standard InChI is InChI=1S/C42H24B2F4N4O4/c45-43(46)51-39(21-27-11-9-25-5-1-3-7-37(25)49-27)33-19-17-31(23-35(33)41(51)53)55-29-13-15-30(16-14-29)56-32-18-20-34-36(24-32)42(54)52(44(47)48)40(34)22-28-12-10-26-6-2-4-8-38(26)50-28/h1-24H/b39-21-,40-22-. The van der Waals surface area contributed by atoms with Crippen LogP contribution in [0.4, 0.5) is 17.3 Å². The minimum absolute atomic E-state index is 0.0279. The summed E-state index contributed by atoms with van der Waals surface area (Å²) in [5.74, 6) is -0.527. The third kappa shape index (κ3) is 6.30. The van der Waals surface area contributed by atoms with Crippen LogP contribution in [0.2, 0.25) is 0 Å². The van der Waals surface area contributed by atoms with Gasteiger partial charge in [-0.1, -0.05) is 48.5 Å². The molecular weight excluding hydrogens is 722 g/mol. The molecule has 0 aliphatic carbocycles. The van der Waals surface area contributed by atoms with Crippen LogP contribution < -0.4 is 9.47 Å². The molecule has 0 atom stereocenters. The number of pyridine rings is 2. The summed E-state index contributed by atoms with van der Waals surface area (Å²) in [6.07, 6.45) is 2.93. The molecule has 4 heterocycles. The van der Waals surface area contributed by atoms with Crippen molar-refractivity contribution >= 4 is 72.0 Å². The molecule has 2 aromatic heterocycles. The fourth-order valence-corrected chi connectivity index (χ4v) is 6.85. The number of carbonyl (C=O) groups excluding carboxylic acids is 2. The van der Waals surface area contributed by atoms with Crippen LogP contribution in [0, 0.1) is 0 Å². The highest BCUT2D eigenvalue weighted by Crippen LogP contribution is 2.40. The molecule has 0 saturated carbocycles. The average Bonchev–Trinajstić information content (AvgIpc) is 3.63. The quantitative estimate of drug-likeness (QED) is 0.114. The first kappa shape index (κ1) is 34.6. The Morgan fingerprint density at radius 1 is 0.464 bits per heavy atom. The second-order valence-electron chi connectivity index (χ2n) is 12.9. The number of fused-ring (bicyclic) bond motifs is 4. The highest BCUT2D eigenvalue weighted by Gasteiger charge is 2.43. The second kappa shape index (κ2) is 13.9. The summed E-state index contributed by atoms with van der Waals surface area (Å²) in [6.45, 7) is 0. The lowest BCUT2D eigenvalue weighted by molar-refractivity contribution is 0.0891. The Labute approximate surface area is 317 Å². The van der Waals surface area contributed by atoms with Crippen molar-refractivity contribution < 1.29 is 36.3 Å². The molecule has 56 heavy (non-hydrogen) atoms. The van der Waals surface area contributed by atoms with Crippen LogP contribution in [0.25, 0.3) is 45.4 Å². The van der Waals surface area contributed by atoms with Gasteiger partial charge in [0.2, 0.25) is 0 Å². The minimum Gasteiger partial charge on any atom is -0.457 e. The van der Waals surface area contributed by atoms with Crippen molar-refractivity contribution in [3.8, 4) is 23.0 Å². The first-order valence-corrected chi connectivity index (χ1v) is 17.3. The largest absolute Gasteiger partial charge is 0.680 e. The van der Waals surface area contributed by atoms with E-state index in [1.165, 1.54) is 24.3 Å². The maximum atomic E-state index is 14.2. The summed E-state index contributed by atoms with van der Waals surface area (Å²) in [6, 6.07) is 37.4. The SMILES string of the molecule is O=C1c2cc(Oc3ccc(Oc4ccc5c(c4)C(=O)N(B(F)F)/C5=C\c4ccc5ccccc5n4)cc3)ccc2/C(=C/c2ccc3ccccc3n2)N1B(F)F. The van der Waals surface area contributed by atoms with Crippen molar-refractivity contribution in [2.75, 3.05) is 0 Å². The van der Waals surface area contributed by atoms with Gasteiger partial charge in [-0.15, -0.1) is 0 Å². The van der Waals surface area contributed by atoms with E-state index in [-0.39, 0.29) is 34.0 Å². The monoisotopic (exact) mass is 746 g/mol. The number of rotatable bonds is 8. The van der Waals surface area contributed by atoms with Gasteiger partial charge in [-0.25, -0.2) is 9.97 Å². The van der Waals surface area contributed by atoms with Gasteiger partial charge >= 0.3 is 14.8 Å². The summed E-state index contributed by atoms with van der Waals surface area (Å²) < 4.78 is 68.8. The van der Waals surface area contributed by atoms with Crippen LogP contribution in [0.15, 0.2) is 133 Å². The van der Waals surface area contributed by atoms with Crippen molar-refractivity contribution in [1.82, 2.24) is 19.6 Å². The van der Waals surface area contributed by atoms with Gasteiger partial charge in [0.05, 0.1) is 33.5 Å². The molecule has 7 aromatic rings. The lowest BCUT2D eigenvalue weighted by Crippen LogP contribution is -2.32. The fraction of sp³-hybridized carbons (Fsp3) is 0. The number of hydrogen-bond donors (Lipinski definition) is 0. The molecule has 2 aliphatic heterocycles. The Balaban J connectivity index is 0.931. The lowest BCUT2D eigenvalue weighted by atomic mass is 10.1.